The van der Waals surface area contributed by atoms with Crippen molar-refractivity contribution in [2.45, 2.75) is 6.92 Å². The summed E-state index contributed by atoms with van der Waals surface area (Å²) in [5, 5.41) is 0. The van der Waals surface area contributed by atoms with Crippen LogP contribution in [0.1, 0.15) is 16.8 Å². The largest absolute Gasteiger partial charge is 0.738 e. The third-order valence-electron chi connectivity index (χ3n) is 4.34. The summed E-state index contributed by atoms with van der Waals surface area (Å²) in [6, 6.07) is 9.25. The standard InChI is InChI=1S/C16H10BBr3F2N2/c1-9-3-2-4-10(18)15(9)16-11-5-7-13(19)23(11)17(21,22)24-12(16)6-8-14(24)20/h2-8H,1H3. The van der Waals surface area contributed by atoms with Crippen LogP contribution in [0.4, 0.5) is 8.63 Å². The van der Waals surface area contributed by atoms with E-state index in [2.05, 4.69) is 47.8 Å². The Balaban J connectivity index is 2.17. The van der Waals surface area contributed by atoms with Crippen LogP contribution in [0.15, 0.2) is 57.3 Å². The Labute approximate surface area is 163 Å². The maximum absolute atomic E-state index is 15.2. The number of halogens is 5. The molecule has 0 unspecified atom stereocenters. The predicted molar refractivity (Wildman–Crippen MR) is 104 cm³/mol. The first-order chi connectivity index (χ1) is 11.3. The lowest BCUT2D eigenvalue weighted by atomic mass is 9.85. The van der Waals surface area contributed by atoms with Gasteiger partial charge in [-0.25, -0.2) is 0 Å². The zero-order valence-corrected chi connectivity index (χ0v) is 17.2. The summed E-state index contributed by atoms with van der Waals surface area (Å²) >= 11 is 10.1. The van der Waals surface area contributed by atoms with Crippen molar-refractivity contribution in [1.29, 1.82) is 0 Å². The van der Waals surface area contributed by atoms with Gasteiger partial charge >= 0.3 is 6.97 Å². The molecule has 0 fully saturated rings. The summed E-state index contributed by atoms with van der Waals surface area (Å²) in [7, 11) is 0. The summed E-state index contributed by atoms with van der Waals surface area (Å²) in [5.74, 6) is 0. The number of nitrogens with zero attached hydrogens (tertiary/aromatic N) is 2. The highest BCUT2D eigenvalue weighted by Crippen LogP contribution is 2.44. The number of allylic oxidation sites excluding steroid dienone is 2. The number of hydrogen-bond acceptors (Lipinski definition) is 0. The van der Waals surface area contributed by atoms with E-state index in [-0.39, 0.29) is 0 Å². The molecule has 3 heterocycles. The van der Waals surface area contributed by atoms with Gasteiger partial charge in [-0.15, -0.1) is 0 Å². The molecule has 0 atom stereocenters. The van der Waals surface area contributed by atoms with Gasteiger partial charge in [-0.1, -0.05) is 28.1 Å². The highest BCUT2D eigenvalue weighted by atomic mass is 79.9. The van der Waals surface area contributed by atoms with Crippen molar-refractivity contribution in [3.05, 3.63) is 74.1 Å². The second kappa shape index (κ2) is 5.51. The summed E-state index contributed by atoms with van der Waals surface area (Å²) < 4.78 is 34.1. The molecule has 2 nitrogen and oxygen atoms in total. The molecule has 0 saturated heterocycles. The minimum Gasteiger partial charge on any atom is -0.389 e. The van der Waals surface area contributed by atoms with Crippen LogP contribution in [0.3, 0.4) is 0 Å². The van der Waals surface area contributed by atoms with Gasteiger partial charge in [0.2, 0.25) is 4.62 Å². The number of hydrogen-bond donors (Lipinski definition) is 0. The zero-order chi connectivity index (χ0) is 17.2. The highest BCUT2D eigenvalue weighted by Gasteiger charge is 2.54. The van der Waals surface area contributed by atoms with Crippen molar-refractivity contribution in [2.24, 2.45) is 0 Å². The summed E-state index contributed by atoms with van der Waals surface area (Å²) in [6.07, 6.45) is 3.40. The summed E-state index contributed by atoms with van der Waals surface area (Å²) in [4.78, 5) is 0. The van der Waals surface area contributed by atoms with E-state index >= 15 is 8.63 Å². The lowest BCUT2D eigenvalue weighted by molar-refractivity contribution is -0.358. The number of aromatic nitrogens is 1. The van der Waals surface area contributed by atoms with Gasteiger partial charge in [-0.05, 0) is 46.6 Å². The zero-order valence-electron chi connectivity index (χ0n) is 12.4. The maximum Gasteiger partial charge on any atom is 0.738 e. The van der Waals surface area contributed by atoms with Crippen molar-refractivity contribution in [1.82, 2.24) is 4.48 Å². The molecular weight excluding hydrogens is 509 g/mol. The summed E-state index contributed by atoms with van der Waals surface area (Å²) in [5.41, 5.74) is 3.72. The van der Waals surface area contributed by atoms with E-state index in [0.29, 0.717) is 20.6 Å². The van der Waals surface area contributed by atoms with Crippen LogP contribution in [-0.4, -0.2) is 20.6 Å². The molecule has 122 valence electrons. The number of fused-ring (bicyclic) bond motifs is 2. The van der Waals surface area contributed by atoms with E-state index in [1.807, 2.05) is 25.1 Å². The Morgan fingerprint density at radius 1 is 1.04 bits per heavy atom. The molecule has 2 aliphatic rings. The average Bonchev–Trinajstić information content (AvgIpc) is 3.07. The minimum atomic E-state index is -3.98. The monoisotopic (exact) mass is 516 g/mol. The summed E-state index contributed by atoms with van der Waals surface area (Å²) in [6.45, 7) is -2.00. The Bertz CT molecular complexity index is 969. The van der Waals surface area contributed by atoms with Crippen LogP contribution in [0.2, 0.25) is 0 Å². The molecule has 0 bridgehead atoms. The molecule has 0 saturated carbocycles. The average molecular weight is 519 g/mol. The van der Waals surface area contributed by atoms with Crippen molar-refractivity contribution >= 4 is 65.0 Å². The van der Waals surface area contributed by atoms with Gasteiger partial charge in [-0.2, -0.15) is 0 Å². The first kappa shape index (κ1) is 16.5. The topological polar surface area (TPSA) is 7.94 Å². The maximum atomic E-state index is 15.2. The van der Waals surface area contributed by atoms with Gasteiger partial charge in [0, 0.05) is 43.8 Å². The molecule has 0 amide bonds. The Morgan fingerprint density at radius 3 is 2.50 bits per heavy atom. The molecule has 1 aromatic heterocycles. The molecule has 0 N–H and O–H groups in total. The van der Waals surface area contributed by atoms with Gasteiger partial charge in [0.25, 0.3) is 0 Å². The highest BCUT2D eigenvalue weighted by molar-refractivity contribution is 9.18. The first-order valence-electron chi connectivity index (χ1n) is 7.23. The number of benzene rings is 1. The third kappa shape index (κ3) is 2.12. The molecule has 0 aliphatic carbocycles. The predicted octanol–water partition coefficient (Wildman–Crippen LogP) is 5.69. The molecular formula is C16H10BBr3F2N2. The molecule has 4 rings (SSSR count). The van der Waals surface area contributed by atoms with Crippen LogP contribution < -0.4 is 0 Å². The van der Waals surface area contributed by atoms with Gasteiger partial charge in [0.1, 0.15) is 0 Å². The number of rotatable bonds is 1. The van der Waals surface area contributed by atoms with E-state index in [4.69, 9.17) is 0 Å². The van der Waals surface area contributed by atoms with E-state index in [9.17, 15) is 0 Å². The first-order valence-corrected chi connectivity index (χ1v) is 9.61. The third-order valence-corrected chi connectivity index (χ3v) is 6.30. The van der Waals surface area contributed by atoms with E-state index in [1.54, 1.807) is 24.3 Å². The second-order valence-electron chi connectivity index (χ2n) is 5.72. The van der Waals surface area contributed by atoms with Crippen LogP contribution >= 0.6 is 47.8 Å². The molecule has 0 radical (unpaired) electrons. The van der Waals surface area contributed by atoms with E-state index < -0.39 is 6.97 Å². The van der Waals surface area contributed by atoms with Crippen molar-refractivity contribution in [3.8, 4) is 0 Å². The normalized spacial score (nSPS) is 18.2. The fourth-order valence-electron chi connectivity index (χ4n) is 3.34. The molecule has 0 spiro atoms. The number of aryl methyl sites for hydroxylation is 1. The molecule has 8 heteroatoms. The van der Waals surface area contributed by atoms with E-state index in [1.165, 1.54) is 0 Å². The Kier molecular flexibility index (Phi) is 3.78. The second-order valence-corrected chi connectivity index (χ2v) is 8.20. The van der Waals surface area contributed by atoms with Crippen LogP contribution in [0.25, 0.3) is 5.57 Å². The van der Waals surface area contributed by atoms with Gasteiger partial charge in [-0.3, -0.25) is 0 Å². The van der Waals surface area contributed by atoms with Gasteiger partial charge < -0.3 is 17.6 Å². The van der Waals surface area contributed by atoms with Crippen molar-refractivity contribution in [2.75, 3.05) is 0 Å². The Hall–Kier alpha value is -0.985. The molecule has 1 aromatic carbocycles. The minimum absolute atomic E-state index is 0.357. The fourth-order valence-corrected chi connectivity index (χ4v) is 5.14. The smallest absolute Gasteiger partial charge is 0.389 e. The fraction of sp³-hybridized carbons (Fsp3) is 0.0625. The molecule has 2 aromatic rings. The quantitative estimate of drug-likeness (QED) is 0.429. The lowest BCUT2D eigenvalue weighted by Crippen LogP contribution is -2.50. The van der Waals surface area contributed by atoms with Gasteiger partial charge in [0.05, 0.1) is 10.2 Å². The molecule has 24 heavy (non-hydrogen) atoms. The van der Waals surface area contributed by atoms with Crippen molar-refractivity contribution in [3.63, 3.8) is 0 Å². The van der Waals surface area contributed by atoms with Crippen molar-refractivity contribution < 1.29 is 13.1 Å². The lowest BCUT2D eigenvalue weighted by Gasteiger charge is -2.32. The van der Waals surface area contributed by atoms with Crippen LogP contribution in [0.5, 0.6) is 0 Å². The van der Waals surface area contributed by atoms with Crippen LogP contribution in [-0.2, 0) is 0 Å². The van der Waals surface area contributed by atoms with E-state index in [0.717, 1.165) is 30.1 Å². The van der Waals surface area contributed by atoms with Crippen LogP contribution in [0, 0.1) is 6.92 Å². The van der Waals surface area contributed by atoms with Gasteiger partial charge in [0.15, 0.2) is 5.70 Å². The Morgan fingerprint density at radius 2 is 1.79 bits per heavy atom. The SMILES string of the molecule is Cc1cccc(Br)c1C1=C2C=CC(Br)=[N+]2[B-](F)(F)n2c(Br)ccc21. The molecule has 2 aliphatic heterocycles.